The molecule has 0 radical (unpaired) electrons. The van der Waals surface area contributed by atoms with Gasteiger partial charge in [-0.15, -0.1) is 0 Å². The molecule has 0 bridgehead atoms. The second-order valence-electron chi connectivity index (χ2n) is 3.95. The summed E-state index contributed by atoms with van der Waals surface area (Å²) in [6.45, 7) is 2.18. The quantitative estimate of drug-likeness (QED) is 0.736. The van der Waals surface area contributed by atoms with E-state index < -0.39 is 0 Å². The highest BCUT2D eigenvalue weighted by molar-refractivity contribution is 7.71. The Morgan fingerprint density at radius 2 is 2.43 bits per heavy atom. The summed E-state index contributed by atoms with van der Waals surface area (Å²) in [5, 5.41) is 15.9. The molecule has 0 saturated heterocycles. The molecule has 1 saturated carbocycles. The molecular weight excluding hydrogens is 198 g/mol. The van der Waals surface area contributed by atoms with Gasteiger partial charge in [0.2, 0.25) is 0 Å². The highest BCUT2D eigenvalue weighted by Gasteiger charge is 2.27. The molecule has 1 aromatic heterocycles. The fourth-order valence-corrected chi connectivity index (χ4v) is 2.59. The van der Waals surface area contributed by atoms with E-state index in [9.17, 15) is 0 Å². The SMILES string of the molecule is CC1CCCC1n1c(CO)n[nH]c1=S. The fourth-order valence-electron chi connectivity index (χ4n) is 2.30. The van der Waals surface area contributed by atoms with Crippen LogP contribution in [-0.2, 0) is 6.61 Å². The zero-order valence-corrected chi connectivity index (χ0v) is 9.05. The Kier molecular flexibility index (Phi) is 2.69. The number of nitrogens with zero attached hydrogens (tertiary/aromatic N) is 2. The van der Waals surface area contributed by atoms with E-state index in [-0.39, 0.29) is 6.61 Å². The molecule has 0 aromatic carbocycles. The van der Waals surface area contributed by atoms with Gasteiger partial charge in [0.15, 0.2) is 10.6 Å². The van der Waals surface area contributed by atoms with Crippen LogP contribution in [0, 0.1) is 10.7 Å². The molecule has 4 nitrogen and oxygen atoms in total. The molecule has 14 heavy (non-hydrogen) atoms. The second kappa shape index (κ2) is 3.82. The van der Waals surface area contributed by atoms with Gasteiger partial charge in [0, 0.05) is 6.04 Å². The first-order chi connectivity index (χ1) is 6.74. The summed E-state index contributed by atoms with van der Waals surface area (Å²) >= 11 is 5.16. The van der Waals surface area contributed by atoms with Crippen LogP contribution in [0.2, 0.25) is 0 Å². The molecule has 1 aliphatic carbocycles. The monoisotopic (exact) mass is 213 g/mol. The Hall–Kier alpha value is -0.680. The minimum absolute atomic E-state index is 0.0453. The third-order valence-electron chi connectivity index (χ3n) is 3.07. The lowest BCUT2D eigenvalue weighted by molar-refractivity contribution is 0.254. The molecule has 1 fully saturated rings. The molecule has 1 aliphatic rings. The van der Waals surface area contributed by atoms with Gasteiger partial charge < -0.3 is 5.11 Å². The summed E-state index contributed by atoms with van der Waals surface area (Å²) in [6.07, 6.45) is 3.62. The highest BCUT2D eigenvalue weighted by Crippen LogP contribution is 2.35. The van der Waals surface area contributed by atoms with Crippen LogP contribution in [0.15, 0.2) is 0 Å². The lowest BCUT2D eigenvalue weighted by atomic mass is 10.1. The summed E-state index contributed by atoms with van der Waals surface area (Å²) in [5.41, 5.74) is 0. The minimum Gasteiger partial charge on any atom is -0.388 e. The topological polar surface area (TPSA) is 53.8 Å². The van der Waals surface area contributed by atoms with Crippen LogP contribution in [0.3, 0.4) is 0 Å². The van der Waals surface area contributed by atoms with Crippen LogP contribution in [0.5, 0.6) is 0 Å². The van der Waals surface area contributed by atoms with Gasteiger partial charge in [-0.25, -0.2) is 0 Å². The Labute approximate surface area is 88.0 Å². The van der Waals surface area contributed by atoms with E-state index in [0.29, 0.717) is 22.6 Å². The molecule has 78 valence electrons. The maximum atomic E-state index is 9.13. The normalized spacial score (nSPS) is 27.0. The number of aromatic nitrogens is 3. The van der Waals surface area contributed by atoms with E-state index in [1.54, 1.807) is 0 Å². The van der Waals surface area contributed by atoms with E-state index >= 15 is 0 Å². The summed E-state index contributed by atoms with van der Waals surface area (Å²) in [4.78, 5) is 0. The van der Waals surface area contributed by atoms with Gasteiger partial charge in [0.25, 0.3) is 0 Å². The molecule has 0 amide bonds. The van der Waals surface area contributed by atoms with Crippen molar-refractivity contribution < 1.29 is 5.11 Å². The van der Waals surface area contributed by atoms with Crippen molar-refractivity contribution in [2.45, 2.75) is 38.8 Å². The van der Waals surface area contributed by atoms with Crippen LogP contribution >= 0.6 is 12.2 Å². The molecule has 1 heterocycles. The Morgan fingerprint density at radius 3 is 3.00 bits per heavy atom. The van der Waals surface area contributed by atoms with Crippen molar-refractivity contribution in [3.8, 4) is 0 Å². The van der Waals surface area contributed by atoms with Gasteiger partial charge in [0.1, 0.15) is 6.61 Å². The van der Waals surface area contributed by atoms with Gasteiger partial charge in [-0.1, -0.05) is 13.3 Å². The summed E-state index contributed by atoms with van der Waals surface area (Å²) < 4.78 is 2.61. The van der Waals surface area contributed by atoms with Crippen molar-refractivity contribution in [3.63, 3.8) is 0 Å². The van der Waals surface area contributed by atoms with Gasteiger partial charge in [-0.2, -0.15) is 5.10 Å². The summed E-state index contributed by atoms with van der Waals surface area (Å²) in [5.74, 6) is 1.29. The van der Waals surface area contributed by atoms with Gasteiger partial charge in [0.05, 0.1) is 0 Å². The minimum atomic E-state index is -0.0453. The number of hydrogen-bond acceptors (Lipinski definition) is 3. The lowest BCUT2D eigenvalue weighted by Gasteiger charge is -2.18. The molecule has 2 N–H and O–H groups in total. The van der Waals surface area contributed by atoms with Gasteiger partial charge in [-0.05, 0) is 31.0 Å². The Morgan fingerprint density at radius 1 is 1.64 bits per heavy atom. The summed E-state index contributed by atoms with van der Waals surface area (Å²) in [7, 11) is 0. The van der Waals surface area contributed by atoms with Crippen molar-refractivity contribution >= 4 is 12.2 Å². The van der Waals surface area contributed by atoms with E-state index in [1.165, 1.54) is 12.8 Å². The number of hydrogen-bond donors (Lipinski definition) is 2. The predicted molar refractivity (Wildman–Crippen MR) is 55.4 cm³/mol. The number of rotatable bonds is 2. The van der Waals surface area contributed by atoms with Gasteiger partial charge >= 0.3 is 0 Å². The molecule has 0 spiro atoms. The lowest BCUT2D eigenvalue weighted by Crippen LogP contribution is -2.14. The van der Waals surface area contributed by atoms with E-state index in [0.717, 1.165) is 6.42 Å². The van der Waals surface area contributed by atoms with Crippen LogP contribution in [0.4, 0.5) is 0 Å². The first-order valence-electron chi connectivity index (χ1n) is 5.00. The van der Waals surface area contributed by atoms with Crippen molar-refractivity contribution in [2.24, 2.45) is 5.92 Å². The zero-order valence-electron chi connectivity index (χ0n) is 8.23. The maximum absolute atomic E-state index is 9.13. The average molecular weight is 213 g/mol. The van der Waals surface area contributed by atoms with Crippen LogP contribution in [-0.4, -0.2) is 19.9 Å². The smallest absolute Gasteiger partial charge is 0.195 e. The van der Waals surface area contributed by atoms with Crippen LogP contribution in [0.25, 0.3) is 0 Å². The maximum Gasteiger partial charge on any atom is 0.195 e. The third kappa shape index (κ3) is 1.50. The van der Waals surface area contributed by atoms with Crippen molar-refractivity contribution in [2.75, 3.05) is 0 Å². The molecule has 5 heteroatoms. The standard InChI is InChI=1S/C9H15N3OS/c1-6-3-2-4-7(6)12-8(5-13)10-11-9(12)14/h6-7,13H,2-5H2,1H3,(H,11,14). The number of aliphatic hydroxyl groups is 1. The average Bonchev–Trinajstić information content (AvgIpc) is 2.72. The van der Waals surface area contributed by atoms with Crippen molar-refractivity contribution in [1.29, 1.82) is 0 Å². The Bertz CT molecular complexity index is 370. The molecule has 2 atom stereocenters. The largest absolute Gasteiger partial charge is 0.388 e. The second-order valence-corrected chi connectivity index (χ2v) is 4.34. The molecule has 2 rings (SSSR count). The zero-order chi connectivity index (χ0) is 10.1. The van der Waals surface area contributed by atoms with Crippen molar-refractivity contribution in [1.82, 2.24) is 14.8 Å². The predicted octanol–water partition coefficient (Wildman–Crippen LogP) is 1.79. The highest BCUT2D eigenvalue weighted by atomic mass is 32.1. The van der Waals surface area contributed by atoms with E-state index in [4.69, 9.17) is 17.3 Å². The first kappa shape index (κ1) is 9.86. The molecular formula is C9H15N3OS. The third-order valence-corrected chi connectivity index (χ3v) is 3.35. The Balaban J connectivity index is 2.38. The van der Waals surface area contributed by atoms with Gasteiger partial charge in [-0.3, -0.25) is 9.67 Å². The van der Waals surface area contributed by atoms with Crippen molar-refractivity contribution in [3.05, 3.63) is 10.6 Å². The number of H-pyrrole nitrogens is 1. The molecule has 2 unspecified atom stereocenters. The van der Waals surface area contributed by atoms with E-state index in [1.807, 2.05) is 4.57 Å². The van der Waals surface area contributed by atoms with Crippen LogP contribution in [0.1, 0.15) is 38.1 Å². The molecule has 1 aromatic rings. The first-order valence-corrected chi connectivity index (χ1v) is 5.41. The summed E-state index contributed by atoms with van der Waals surface area (Å²) in [6, 6.07) is 0.420. The fraction of sp³-hybridized carbons (Fsp3) is 0.778. The molecule has 0 aliphatic heterocycles. The number of aliphatic hydroxyl groups excluding tert-OH is 1. The van der Waals surface area contributed by atoms with E-state index in [2.05, 4.69) is 17.1 Å². The number of aromatic amines is 1. The number of nitrogens with one attached hydrogen (secondary N) is 1. The van der Waals surface area contributed by atoms with Crippen LogP contribution < -0.4 is 0 Å².